The van der Waals surface area contributed by atoms with E-state index in [1.165, 1.54) is 6.07 Å². The second-order valence-electron chi connectivity index (χ2n) is 4.57. The van der Waals surface area contributed by atoms with Crippen molar-refractivity contribution in [3.8, 4) is 5.75 Å². The summed E-state index contributed by atoms with van der Waals surface area (Å²) >= 11 is 0. The Balaban J connectivity index is 3.35. The first-order valence-corrected chi connectivity index (χ1v) is 5.02. The number of alkyl halides is 2. The second-order valence-corrected chi connectivity index (χ2v) is 4.57. The van der Waals surface area contributed by atoms with Gasteiger partial charge in [-0.3, -0.25) is 0 Å². The maximum atomic E-state index is 12.7. The zero-order chi connectivity index (χ0) is 12.5. The molecule has 0 aromatic heterocycles. The third-order valence-electron chi connectivity index (χ3n) is 2.74. The van der Waals surface area contributed by atoms with Gasteiger partial charge in [0.05, 0.1) is 12.2 Å². The Hall–Kier alpha value is -1.16. The highest BCUT2D eigenvalue weighted by atomic mass is 19.3. The van der Waals surface area contributed by atoms with Crippen molar-refractivity contribution >= 4 is 0 Å². The molecule has 0 amide bonds. The van der Waals surface area contributed by atoms with E-state index in [1.807, 2.05) is 0 Å². The van der Waals surface area contributed by atoms with E-state index >= 15 is 0 Å². The molecule has 1 aromatic carbocycles. The number of phenols is 1. The van der Waals surface area contributed by atoms with Gasteiger partial charge in [-0.25, -0.2) is 8.78 Å². The summed E-state index contributed by atoms with van der Waals surface area (Å²) in [6.07, 6.45) is -2.71. The molecule has 2 N–H and O–H groups in total. The van der Waals surface area contributed by atoms with E-state index in [9.17, 15) is 19.0 Å². The van der Waals surface area contributed by atoms with Crippen LogP contribution in [0.3, 0.4) is 0 Å². The molecule has 90 valence electrons. The zero-order valence-corrected chi connectivity index (χ0v) is 9.59. The first-order chi connectivity index (χ1) is 7.29. The minimum atomic E-state index is -2.71. The first kappa shape index (κ1) is 12.9. The van der Waals surface area contributed by atoms with Crippen LogP contribution in [0, 0.1) is 6.92 Å². The average Bonchev–Trinajstić information content (AvgIpc) is 2.21. The molecule has 0 heterocycles. The number of aliphatic hydroxyl groups excluding tert-OH is 1. The number of phenolic OH excluding ortho intramolecular Hbond substituents is 1. The molecule has 1 rings (SSSR count). The van der Waals surface area contributed by atoms with Crippen LogP contribution in [-0.4, -0.2) is 16.8 Å². The summed E-state index contributed by atoms with van der Waals surface area (Å²) < 4.78 is 25.3. The lowest BCUT2D eigenvalue weighted by Gasteiger charge is -2.24. The molecule has 0 spiro atoms. The molecule has 0 radical (unpaired) electrons. The Morgan fingerprint density at radius 1 is 1.31 bits per heavy atom. The number of rotatable bonds is 3. The summed E-state index contributed by atoms with van der Waals surface area (Å²) in [5.41, 5.74) is 0.0219. The highest BCUT2D eigenvalue weighted by molar-refractivity contribution is 5.45. The lowest BCUT2D eigenvalue weighted by Crippen LogP contribution is -2.22. The molecule has 16 heavy (non-hydrogen) atoms. The van der Waals surface area contributed by atoms with Gasteiger partial charge >= 0.3 is 0 Å². The van der Waals surface area contributed by atoms with Gasteiger partial charge in [-0.2, -0.15) is 0 Å². The Bertz CT molecular complexity index is 387. The van der Waals surface area contributed by atoms with Crippen LogP contribution < -0.4 is 0 Å². The molecule has 1 aromatic rings. The standard InChI is InChI=1S/C12H16F2O2/c1-7-4-8(12(2,3)6-15)5-9(10(7)16)11(13)14/h4-5,11,15-16H,6H2,1-3H3. The molecule has 2 nitrogen and oxygen atoms in total. The van der Waals surface area contributed by atoms with E-state index in [4.69, 9.17) is 0 Å². The van der Waals surface area contributed by atoms with E-state index in [2.05, 4.69) is 0 Å². The fraction of sp³-hybridized carbons (Fsp3) is 0.500. The molecule has 0 bridgehead atoms. The van der Waals surface area contributed by atoms with Gasteiger partial charge in [-0.1, -0.05) is 19.9 Å². The molecule has 0 unspecified atom stereocenters. The molecule has 0 atom stereocenters. The van der Waals surface area contributed by atoms with Gasteiger partial charge in [0.2, 0.25) is 0 Å². The molecular weight excluding hydrogens is 214 g/mol. The number of hydrogen-bond donors (Lipinski definition) is 2. The fourth-order valence-electron chi connectivity index (χ4n) is 1.46. The Morgan fingerprint density at radius 2 is 1.88 bits per heavy atom. The normalized spacial score (nSPS) is 12.2. The Kier molecular flexibility index (Phi) is 3.53. The molecular formula is C12H16F2O2. The van der Waals surface area contributed by atoms with Gasteiger partial charge in [-0.15, -0.1) is 0 Å². The van der Waals surface area contributed by atoms with Crippen LogP contribution >= 0.6 is 0 Å². The Morgan fingerprint density at radius 3 is 2.31 bits per heavy atom. The van der Waals surface area contributed by atoms with Gasteiger partial charge in [0, 0.05) is 5.41 Å². The largest absolute Gasteiger partial charge is 0.507 e. The number of hydrogen-bond acceptors (Lipinski definition) is 2. The van der Waals surface area contributed by atoms with E-state index in [1.54, 1.807) is 26.8 Å². The lowest BCUT2D eigenvalue weighted by molar-refractivity contribution is 0.146. The minimum absolute atomic E-state index is 0.139. The van der Waals surface area contributed by atoms with Crippen LogP contribution in [0.1, 0.15) is 37.0 Å². The summed E-state index contributed by atoms with van der Waals surface area (Å²) in [6, 6.07) is 2.88. The van der Waals surface area contributed by atoms with Crippen molar-refractivity contribution in [2.24, 2.45) is 0 Å². The number of benzene rings is 1. The summed E-state index contributed by atoms with van der Waals surface area (Å²) in [5, 5.41) is 18.7. The smallest absolute Gasteiger partial charge is 0.267 e. The molecule has 0 aliphatic heterocycles. The zero-order valence-electron chi connectivity index (χ0n) is 9.59. The first-order valence-electron chi connectivity index (χ1n) is 5.02. The fourth-order valence-corrected chi connectivity index (χ4v) is 1.46. The van der Waals surface area contributed by atoms with Crippen LogP contribution in [0.4, 0.5) is 8.78 Å². The number of halogens is 2. The van der Waals surface area contributed by atoms with E-state index in [0.717, 1.165) is 0 Å². The van der Waals surface area contributed by atoms with Crippen molar-refractivity contribution in [3.63, 3.8) is 0 Å². The summed E-state index contributed by atoms with van der Waals surface area (Å²) in [4.78, 5) is 0. The lowest BCUT2D eigenvalue weighted by atomic mass is 9.83. The molecule has 0 aliphatic carbocycles. The van der Waals surface area contributed by atoms with Crippen molar-refractivity contribution in [2.45, 2.75) is 32.6 Å². The average molecular weight is 230 g/mol. The van der Waals surface area contributed by atoms with Crippen molar-refractivity contribution in [2.75, 3.05) is 6.61 Å². The van der Waals surface area contributed by atoms with Crippen LogP contribution in [-0.2, 0) is 5.41 Å². The summed E-state index contributed by atoms with van der Waals surface area (Å²) in [7, 11) is 0. The van der Waals surface area contributed by atoms with Crippen molar-refractivity contribution < 1.29 is 19.0 Å². The second kappa shape index (κ2) is 4.37. The topological polar surface area (TPSA) is 40.5 Å². The van der Waals surface area contributed by atoms with Crippen LogP contribution in [0.15, 0.2) is 12.1 Å². The minimum Gasteiger partial charge on any atom is -0.507 e. The quantitative estimate of drug-likeness (QED) is 0.838. The summed E-state index contributed by atoms with van der Waals surface area (Å²) in [5.74, 6) is -0.368. The number of aliphatic hydroxyl groups is 1. The van der Waals surface area contributed by atoms with Crippen molar-refractivity contribution in [3.05, 3.63) is 28.8 Å². The van der Waals surface area contributed by atoms with Crippen LogP contribution in [0.25, 0.3) is 0 Å². The van der Waals surface area contributed by atoms with E-state index in [0.29, 0.717) is 11.1 Å². The third-order valence-corrected chi connectivity index (χ3v) is 2.74. The predicted octanol–water partition coefficient (Wildman–Crippen LogP) is 2.91. The number of aryl methyl sites for hydroxylation is 1. The van der Waals surface area contributed by atoms with Gasteiger partial charge in [-0.05, 0) is 24.1 Å². The van der Waals surface area contributed by atoms with Crippen molar-refractivity contribution in [1.29, 1.82) is 0 Å². The number of aromatic hydroxyl groups is 1. The van der Waals surface area contributed by atoms with E-state index in [-0.39, 0.29) is 17.9 Å². The maximum Gasteiger partial charge on any atom is 0.267 e. The van der Waals surface area contributed by atoms with Crippen molar-refractivity contribution in [1.82, 2.24) is 0 Å². The summed E-state index contributed by atoms with van der Waals surface area (Å²) in [6.45, 7) is 4.94. The predicted molar refractivity (Wildman–Crippen MR) is 57.9 cm³/mol. The highest BCUT2D eigenvalue weighted by Crippen LogP contribution is 2.35. The third kappa shape index (κ3) is 2.32. The van der Waals surface area contributed by atoms with Gasteiger partial charge < -0.3 is 10.2 Å². The SMILES string of the molecule is Cc1cc(C(C)(C)CO)cc(C(F)F)c1O. The molecule has 4 heteroatoms. The Labute approximate surface area is 93.5 Å². The highest BCUT2D eigenvalue weighted by Gasteiger charge is 2.24. The van der Waals surface area contributed by atoms with Gasteiger partial charge in [0.15, 0.2) is 0 Å². The molecule has 0 saturated heterocycles. The molecule has 0 saturated carbocycles. The maximum absolute atomic E-state index is 12.7. The molecule has 0 fully saturated rings. The molecule has 0 aliphatic rings. The van der Waals surface area contributed by atoms with Crippen LogP contribution in [0.2, 0.25) is 0 Å². The van der Waals surface area contributed by atoms with E-state index < -0.39 is 11.8 Å². The van der Waals surface area contributed by atoms with Gasteiger partial charge in [0.25, 0.3) is 6.43 Å². The monoisotopic (exact) mass is 230 g/mol. The van der Waals surface area contributed by atoms with Crippen LogP contribution in [0.5, 0.6) is 5.75 Å². The van der Waals surface area contributed by atoms with Gasteiger partial charge in [0.1, 0.15) is 5.75 Å².